The Balaban J connectivity index is 1.62. The van der Waals surface area contributed by atoms with E-state index in [4.69, 9.17) is 27.9 Å². The van der Waals surface area contributed by atoms with Crippen molar-refractivity contribution in [1.82, 2.24) is 15.1 Å². The van der Waals surface area contributed by atoms with E-state index in [0.717, 1.165) is 0 Å². The van der Waals surface area contributed by atoms with Gasteiger partial charge in [-0.15, -0.1) is 0 Å². The van der Waals surface area contributed by atoms with Gasteiger partial charge in [0, 0.05) is 44.7 Å². The number of phenolic OH excluding ortho intramolecular Hbond substituents is 1. The summed E-state index contributed by atoms with van der Waals surface area (Å²) in [7, 11) is 0. The first-order valence-electron chi connectivity index (χ1n) is 11.6. The second-order valence-electron chi connectivity index (χ2n) is 10.1. The van der Waals surface area contributed by atoms with Gasteiger partial charge in [-0.3, -0.25) is 9.59 Å². The van der Waals surface area contributed by atoms with Crippen LogP contribution in [-0.4, -0.2) is 64.6 Å². The number of nitrogens with zero attached hydrogens (tertiary/aromatic N) is 2. The number of benzene rings is 1. The molecule has 0 spiro atoms. The summed E-state index contributed by atoms with van der Waals surface area (Å²) in [4.78, 5) is 40.8. The molecule has 188 valence electrons. The van der Waals surface area contributed by atoms with Crippen molar-refractivity contribution in [2.45, 2.75) is 58.6 Å². The number of aromatic hydroxyl groups is 1. The van der Waals surface area contributed by atoms with Gasteiger partial charge in [0.25, 0.3) is 0 Å². The van der Waals surface area contributed by atoms with E-state index in [1.54, 1.807) is 11.0 Å². The molecule has 2 saturated heterocycles. The van der Waals surface area contributed by atoms with Crippen LogP contribution >= 0.6 is 23.2 Å². The molecule has 8 nitrogen and oxygen atoms in total. The zero-order valence-corrected chi connectivity index (χ0v) is 21.6. The topological polar surface area (TPSA) is 99.2 Å². The van der Waals surface area contributed by atoms with Gasteiger partial charge in [0.2, 0.25) is 11.8 Å². The predicted octanol–water partition coefficient (Wildman–Crippen LogP) is 4.37. The molecule has 2 heterocycles. The summed E-state index contributed by atoms with van der Waals surface area (Å²) in [5.74, 6) is -0.438. The van der Waals surface area contributed by atoms with Gasteiger partial charge in [-0.25, -0.2) is 4.79 Å². The summed E-state index contributed by atoms with van der Waals surface area (Å²) in [5, 5.41) is 13.9. The maximum atomic E-state index is 13.1. The zero-order chi connectivity index (χ0) is 25.2. The second kappa shape index (κ2) is 10.6. The molecule has 1 aromatic rings. The van der Waals surface area contributed by atoms with Gasteiger partial charge >= 0.3 is 6.09 Å². The lowest BCUT2D eigenvalue weighted by atomic mass is 9.84. The molecule has 0 aliphatic carbocycles. The number of halogens is 2. The van der Waals surface area contributed by atoms with E-state index in [-0.39, 0.29) is 40.5 Å². The van der Waals surface area contributed by atoms with Crippen LogP contribution in [0.4, 0.5) is 4.79 Å². The number of ether oxygens (including phenoxy) is 1. The first kappa shape index (κ1) is 26.4. The number of hydrogen-bond donors (Lipinski definition) is 2. The van der Waals surface area contributed by atoms with Gasteiger partial charge < -0.3 is 25.0 Å². The van der Waals surface area contributed by atoms with Gasteiger partial charge in [-0.05, 0) is 52.0 Å². The highest BCUT2D eigenvalue weighted by Crippen LogP contribution is 2.39. The van der Waals surface area contributed by atoms with Crippen molar-refractivity contribution in [1.29, 1.82) is 0 Å². The third kappa shape index (κ3) is 6.48. The third-order valence-corrected chi connectivity index (χ3v) is 7.00. The molecular weight excluding hydrogens is 481 g/mol. The minimum Gasteiger partial charge on any atom is -0.508 e. The molecule has 1 aromatic carbocycles. The summed E-state index contributed by atoms with van der Waals surface area (Å²) in [6, 6.07) is 2.52. The van der Waals surface area contributed by atoms with E-state index >= 15 is 0 Å². The first-order chi connectivity index (χ1) is 15.9. The predicted molar refractivity (Wildman–Crippen MR) is 130 cm³/mol. The molecule has 2 unspecified atom stereocenters. The number of piperidine rings is 1. The van der Waals surface area contributed by atoms with Gasteiger partial charge in [-0.1, -0.05) is 23.2 Å². The van der Waals surface area contributed by atoms with Crippen LogP contribution in [0.25, 0.3) is 0 Å². The van der Waals surface area contributed by atoms with Crippen LogP contribution in [-0.2, 0) is 14.3 Å². The maximum absolute atomic E-state index is 13.1. The molecule has 2 N–H and O–H groups in total. The molecule has 2 fully saturated rings. The van der Waals surface area contributed by atoms with Crippen molar-refractivity contribution in [3.05, 3.63) is 27.7 Å². The summed E-state index contributed by atoms with van der Waals surface area (Å²) in [6.07, 6.45) is 1.53. The van der Waals surface area contributed by atoms with Crippen molar-refractivity contribution < 1.29 is 24.2 Å². The second-order valence-corrected chi connectivity index (χ2v) is 10.9. The third-order valence-electron chi connectivity index (χ3n) is 6.28. The Labute approximate surface area is 210 Å². The SMILES string of the molecule is CC(=O)NC(c1cc(Cl)c(Cl)cc1O)C1CCN(C(=O)C2CCN(C(=O)OC(C)(C)C)C2)CC1. The van der Waals surface area contributed by atoms with Crippen molar-refractivity contribution in [2.24, 2.45) is 11.8 Å². The quantitative estimate of drug-likeness (QED) is 0.622. The number of rotatable bonds is 4. The van der Waals surface area contributed by atoms with Crippen molar-refractivity contribution in [3.8, 4) is 5.75 Å². The number of phenols is 1. The van der Waals surface area contributed by atoms with E-state index in [1.165, 1.54) is 13.0 Å². The molecule has 0 saturated carbocycles. The Kier molecular flexibility index (Phi) is 8.24. The molecule has 34 heavy (non-hydrogen) atoms. The van der Waals surface area contributed by atoms with Crippen LogP contribution < -0.4 is 5.32 Å². The fourth-order valence-corrected chi connectivity index (χ4v) is 4.96. The molecule has 2 aliphatic heterocycles. The Morgan fingerprint density at radius 2 is 1.65 bits per heavy atom. The molecule has 10 heteroatoms. The average molecular weight is 514 g/mol. The lowest BCUT2D eigenvalue weighted by Gasteiger charge is -2.37. The molecular formula is C24H33Cl2N3O5. The first-order valence-corrected chi connectivity index (χ1v) is 12.3. The molecule has 3 amide bonds. The average Bonchev–Trinajstić information content (AvgIpc) is 3.24. The monoisotopic (exact) mass is 513 g/mol. The number of amides is 3. The number of likely N-dealkylation sites (tertiary alicyclic amines) is 2. The molecule has 3 rings (SSSR count). The van der Waals surface area contributed by atoms with Gasteiger partial charge in [0.05, 0.1) is 22.0 Å². The number of carbonyl (C=O) groups excluding carboxylic acids is 3. The van der Waals surface area contributed by atoms with E-state index < -0.39 is 11.6 Å². The number of carbonyl (C=O) groups is 3. The van der Waals surface area contributed by atoms with Crippen molar-refractivity contribution >= 4 is 41.1 Å². The highest BCUT2D eigenvalue weighted by molar-refractivity contribution is 6.42. The molecule has 0 aromatic heterocycles. The van der Waals surface area contributed by atoms with E-state index in [0.29, 0.717) is 56.0 Å². The Morgan fingerprint density at radius 1 is 1.06 bits per heavy atom. The van der Waals surface area contributed by atoms with E-state index in [2.05, 4.69) is 5.32 Å². The van der Waals surface area contributed by atoms with Crippen molar-refractivity contribution in [3.63, 3.8) is 0 Å². The maximum Gasteiger partial charge on any atom is 0.410 e. The number of hydrogen-bond acceptors (Lipinski definition) is 5. The standard InChI is InChI=1S/C24H33Cl2N3O5/c1-14(30)27-21(17-11-18(25)19(26)12-20(17)31)15-5-8-28(9-6-15)22(32)16-7-10-29(13-16)23(33)34-24(2,3)4/h11-12,15-16,21,31H,5-10,13H2,1-4H3,(H,27,30). The minimum absolute atomic E-state index is 0.0120. The molecule has 0 radical (unpaired) electrons. The summed E-state index contributed by atoms with van der Waals surface area (Å²) in [5.41, 5.74) is -0.0629. The van der Waals surface area contributed by atoms with Crippen LogP contribution in [0.15, 0.2) is 12.1 Å². The van der Waals surface area contributed by atoms with E-state index in [1.807, 2.05) is 25.7 Å². The molecule has 2 atom stereocenters. The number of nitrogens with one attached hydrogen (secondary N) is 1. The van der Waals surface area contributed by atoms with Crippen LogP contribution in [0.1, 0.15) is 58.6 Å². The van der Waals surface area contributed by atoms with Gasteiger partial charge in [0.1, 0.15) is 11.4 Å². The fourth-order valence-electron chi connectivity index (χ4n) is 4.63. The summed E-state index contributed by atoms with van der Waals surface area (Å²) in [6.45, 7) is 8.81. The Morgan fingerprint density at radius 3 is 2.24 bits per heavy atom. The largest absolute Gasteiger partial charge is 0.508 e. The zero-order valence-electron chi connectivity index (χ0n) is 20.1. The molecule has 2 aliphatic rings. The van der Waals surface area contributed by atoms with Crippen LogP contribution in [0.3, 0.4) is 0 Å². The van der Waals surface area contributed by atoms with Crippen LogP contribution in [0, 0.1) is 11.8 Å². The Hall–Kier alpha value is -2.19. The van der Waals surface area contributed by atoms with Crippen molar-refractivity contribution in [2.75, 3.05) is 26.2 Å². The fraction of sp³-hybridized carbons (Fsp3) is 0.625. The lowest BCUT2D eigenvalue weighted by Crippen LogP contribution is -2.45. The normalized spacial score (nSPS) is 20.2. The summed E-state index contributed by atoms with van der Waals surface area (Å²) < 4.78 is 5.42. The Bertz CT molecular complexity index is 941. The van der Waals surface area contributed by atoms with Crippen LogP contribution in [0.2, 0.25) is 10.0 Å². The van der Waals surface area contributed by atoms with Crippen LogP contribution in [0.5, 0.6) is 5.75 Å². The molecule has 0 bridgehead atoms. The minimum atomic E-state index is -0.575. The highest BCUT2D eigenvalue weighted by Gasteiger charge is 2.38. The highest BCUT2D eigenvalue weighted by atomic mass is 35.5. The lowest BCUT2D eigenvalue weighted by molar-refractivity contribution is -0.137. The summed E-state index contributed by atoms with van der Waals surface area (Å²) >= 11 is 12.2. The van der Waals surface area contributed by atoms with Gasteiger partial charge in [0.15, 0.2) is 0 Å². The smallest absolute Gasteiger partial charge is 0.410 e. The van der Waals surface area contributed by atoms with E-state index in [9.17, 15) is 19.5 Å². The van der Waals surface area contributed by atoms with Gasteiger partial charge in [-0.2, -0.15) is 0 Å².